The molecule has 2 N–H and O–H groups in total. The largest absolute Gasteiger partial charge is 0.384 e. The van der Waals surface area contributed by atoms with Crippen molar-refractivity contribution in [2.24, 2.45) is 5.73 Å². The van der Waals surface area contributed by atoms with Crippen molar-refractivity contribution in [3.8, 4) is 0 Å². The van der Waals surface area contributed by atoms with Crippen LogP contribution in [0.25, 0.3) is 0 Å². The summed E-state index contributed by atoms with van der Waals surface area (Å²) < 4.78 is 30.1. The minimum atomic E-state index is -3.23. The fourth-order valence-electron chi connectivity index (χ4n) is 2.13. The molecule has 0 heterocycles. The highest BCUT2D eigenvalue weighted by molar-refractivity contribution is 7.89. The molecule has 0 aromatic carbocycles. The van der Waals surface area contributed by atoms with Gasteiger partial charge in [-0.1, -0.05) is 12.8 Å². The fourth-order valence-corrected chi connectivity index (χ4v) is 3.47. The molecule has 0 aromatic rings. The van der Waals surface area contributed by atoms with E-state index in [1.807, 2.05) is 0 Å². The number of methoxy groups -OCH3 is 1. The van der Waals surface area contributed by atoms with E-state index in [0.29, 0.717) is 0 Å². The smallest absolute Gasteiger partial charge is 0.216 e. The van der Waals surface area contributed by atoms with Crippen LogP contribution in [0.15, 0.2) is 0 Å². The Bertz CT molecular complexity index is 305. The van der Waals surface area contributed by atoms with E-state index in [4.69, 9.17) is 10.5 Å². The van der Waals surface area contributed by atoms with Gasteiger partial charge in [-0.25, -0.2) is 12.7 Å². The van der Waals surface area contributed by atoms with Gasteiger partial charge in [0.1, 0.15) is 0 Å². The molecular formula is C10H22N2O3S. The van der Waals surface area contributed by atoms with Gasteiger partial charge in [0.05, 0.1) is 12.4 Å². The molecule has 0 amide bonds. The molecule has 1 aliphatic rings. The summed E-state index contributed by atoms with van der Waals surface area (Å²) in [6.07, 6.45) is 3.94. The quantitative estimate of drug-likeness (QED) is 0.754. The molecule has 0 radical (unpaired) electrons. The van der Waals surface area contributed by atoms with E-state index < -0.39 is 10.0 Å². The molecule has 96 valence electrons. The zero-order valence-electron chi connectivity index (χ0n) is 10.1. The predicted molar refractivity (Wildman–Crippen MR) is 63.7 cm³/mol. The van der Waals surface area contributed by atoms with Crippen LogP contribution < -0.4 is 5.73 Å². The maximum atomic E-state index is 11.9. The predicted octanol–water partition coefficient (Wildman–Crippen LogP) is 0.164. The molecule has 6 heteroatoms. The van der Waals surface area contributed by atoms with Crippen LogP contribution in [0.5, 0.6) is 0 Å². The number of nitrogens with zero attached hydrogens (tertiary/aromatic N) is 1. The third-order valence-corrected chi connectivity index (χ3v) is 5.06. The second-order valence-corrected chi connectivity index (χ2v) is 6.49. The van der Waals surface area contributed by atoms with Crippen LogP contribution in [0.3, 0.4) is 0 Å². The van der Waals surface area contributed by atoms with Gasteiger partial charge in [-0.05, 0) is 12.8 Å². The average molecular weight is 250 g/mol. The Morgan fingerprint density at radius 2 is 2.00 bits per heavy atom. The molecule has 0 bridgehead atoms. The minimum Gasteiger partial charge on any atom is -0.384 e. The van der Waals surface area contributed by atoms with Crippen molar-refractivity contribution in [1.29, 1.82) is 0 Å². The molecule has 5 nitrogen and oxygen atoms in total. The van der Waals surface area contributed by atoms with E-state index in [9.17, 15) is 8.42 Å². The summed E-state index contributed by atoms with van der Waals surface area (Å²) in [4.78, 5) is 0. The third-order valence-electron chi connectivity index (χ3n) is 3.23. The average Bonchev–Trinajstić information content (AvgIpc) is 2.26. The van der Waals surface area contributed by atoms with Gasteiger partial charge in [0.15, 0.2) is 0 Å². The normalized spacial score (nSPS) is 27.2. The van der Waals surface area contributed by atoms with E-state index in [1.165, 1.54) is 11.4 Å². The molecule has 1 saturated carbocycles. The summed E-state index contributed by atoms with van der Waals surface area (Å²) in [6.45, 7) is 0.231. The molecular weight excluding hydrogens is 228 g/mol. The minimum absolute atomic E-state index is 0.0310. The highest BCUT2D eigenvalue weighted by atomic mass is 32.2. The highest BCUT2D eigenvalue weighted by Gasteiger charge is 2.31. The molecule has 1 fully saturated rings. The zero-order valence-corrected chi connectivity index (χ0v) is 10.9. The number of sulfonamides is 1. The van der Waals surface area contributed by atoms with Crippen LogP contribution in [0.4, 0.5) is 0 Å². The molecule has 2 atom stereocenters. The van der Waals surface area contributed by atoms with Crippen molar-refractivity contribution in [2.45, 2.75) is 37.8 Å². The van der Waals surface area contributed by atoms with Crippen LogP contribution in [0.2, 0.25) is 0 Å². The number of nitrogens with two attached hydrogens (primary N) is 1. The summed E-state index contributed by atoms with van der Waals surface area (Å²) in [5.41, 5.74) is 5.97. The van der Waals surface area contributed by atoms with Gasteiger partial charge in [-0.2, -0.15) is 0 Å². The van der Waals surface area contributed by atoms with Crippen molar-refractivity contribution >= 4 is 10.0 Å². The fraction of sp³-hybridized carbons (Fsp3) is 1.00. The lowest BCUT2D eigenvalue weighted by Crippen LogP contribution is -2.50. The number of hydrogen-bond acceptors (Lipinski definition) is 4. The van der Waals surface area contributed by atoms with Crippen molar-refractivity contribution in [2.75, 3.05) is 26.5 Å². The summed E-state index contributed by atoms with van der Waals surface area (Å²) in [6, 6.07) is -0.0772. The Morgan fingerprint density at radius 1 is 1.38 bits per heavy atom. The molecule has 0 spiro atoms. The first kappa shape index (κ1) is 13.9. The van der Waals surface area contributed by atoms with Gasteiger partial charge in [-0.3, -0.25) is 0 Å². The summed E-state index contributed by atoms with van der Waals surface area (Å²) in [7, 11) is -0.0990. The number of hydrogen-bond donors (Lipinski definition) is 1. The molecule has 1 rings (SSSR count). The SMILES string of the molecule is COCCS(=O)(=O)N(C)C1CCCCC1N. The van der Waals surface area contributed by atoms with E-state index in [1.54, 1.807) is 7.05 Å². The standard InChI is InChI=1S/C10H22N2O3S/c1-12(16(13,14)8-7-15-2)10-6-4-3-5-9(10)11/h9-10H,3-8,11H2,1-2H3. The number of rotatable bonds is 5. The summed E-state index contributed by atoms with van der Waals surface area (Å²) >= 11 is 0. The number of likely N-dealkylation sites (N-methyl/N-ethyl adjacent to an activating group) is 1. The van der Waals surface area contributed by atoms with Gasteiger partial charge in [0, 0.05) is 26.2 Å². The first-order valence-electron chi connectivity index (χ1n) is 5.69. The molecule has 0 saturated heterocycles. The van der Waals surface area contributed by atoms with E-state index in [-0.39, 0.29) is 24.4 Å². The monoisotopic (exact) mass is 250 g/mol. The van der Waals surface area contributed by atoms with Gasteiger partial charge >= 0.3 is 0 Å². The molecule has 2 unspecified atom stereocenters. The molecule has 16 heavy (non-hydrogen) atoms. The molecule has 0 aliphatic heterocycles. The van der Waals surface area contributed by atoms with Crippen LogP contribution >= 0.6 is 0 Å². The van der Waals surface area contributed by atoms with Crippen LogP contribution in [0.1, 0.15) is 25.7 Å². The van der Waals surface area contributed by atoms with Crippen LogP contribution in [0, 0.1) is 0 Å². The highest BCUT2D eigenvalue weighted by Crippen LogP contribution is 2.22. The van der Waals surface area contributed by atoms with Crippen LogP contribution in [-0.4, -0.2) is 51.3 Å². The molecule has 0 aromatic heterocycles. The first-order chi connectivity index (χ1) is 7.49. The van der Waals surface area contributed by atoms with Crippen molar-refractivity contribution in [3.05, 3.63) is 0 Å². The van der Waals surface area contributed by atoms with Gasteiger partial charge in [0.25, 0.3) is 0 Å². The number of ether oxygens (including phenoxy) is 1. The Morgan fingerprint density at radius 3 is 2.56 bits per heavy atom. The van der Waals surface area contributed by atoms with Gasteiger partial charge < -0.3 is 10.5 Å². The lowest BCUT2D eigenvalue weighted by molar-refractivity contribution is 0.211. The van der Waals surface area contributed by atoms with Crippen molar-refractivity contribution in [3.63, 3.8) is 0 Å². The lowest BCUT2D eigenvalue weighted by atomic mass is 9.91. The van der Waals surface area contributed by atoms with E-state index in [0.717, 1.165) is 25.7 Å². The lowest BCUT2D eigenvalue weighted by Gasteiger charge is -2.35. The Balaban J connectivity index is 2.64. The summed E-state index contributed by atoms with van der Waals surface area (Å²) in [5, 5.41) is 0. The van der Waals surface area contributed by atoms with Crippen LogP contribution in [-0.2, 0) is 14.8 Å². The second kappa shape index (κ2) is 5.95. The van der Waals surface area contributed by atoms with E-state index >= 15 is 0 Å². The summed E-state index contributed by atoms with van der Waals surface area (Å²) in [5.74, 6) is 0.0310. The van der Waals surface area contributed by atoms with Gasteiger partial charge in [0.2, 0.25) is 10.0 Å². The Labute approximate surface area is 98.0 Å². The van der Waals surface area contributed by atoms with Gasteiger partial charge in [-0.15, -0.1) is 0 Å². The Hall–Kier alpha value is -0.170. The first-order valence-corrected chi connectivity index (χ1v) is 7.30. The zero-order chi connectivity index (χ0) is 12.2. The Kier molecular flexibility index (Phi) is 5.17. The topological polar surface area (TPSA) is 72.6 Å². The maximum absolute atomic E-state index is 11.9. The molecule has 1 aliphatic carbocycles. The maximum Gasteiger partial charge on any atom is 0.216 e. The second-order valence-electron chi connectivity index (χ2n) is 4.34. The van der Waals surface area contributed by atoms with E-state index in [2.05, 4.69) is 0 Å². The third kappa shape index (κ3) is 3.41. The van der Waals surface area contributed by atoms with Crippen molar-refractivity contribution < 1.29 is 13.2 Å². The van der Waals surface area contributed by atoms with Crippen molar-refractivity contribution in [1.82, 2.24) is 4.31 Å².